The van der Waals surface area contributed by atoms with Crippen molar-refractivity contribution in [2.45, 2.75) is 13.3 Å². The van der Waals surface area contributed by atoms with Crippen LogP contribution in [0.5, 0.6) is 0 Å². The lowest BCUT2D eigenvalue weighted by Crippen LogP contribution is -2.05. The normalized spacial score (nSPS) is 10.5. The first kappa shape index (κ1) is 11.5. The van der Waals surface area contributed by atoms with Crippen LogP contribution in [0.4, 0.5) is 15.8 Å². The summed E-state index contributed by atoms with van der Waals surface area (Å²) in [7, 11) is 0. The molecule has 0 saturated carbocycles. The zero-order valence-electron chi connectivity index (χ0n) is 9.66. The number of nitrogens with one attached hydrogen (secondary N) is 1. The van der Waals surface area contributed by atoms with Gasteiger partial charge in [-0.05, 0) is 37.3 Å². The van der Waals surface area contributed by atoms with Crippen molar-refractivity contribution < 1.29 is 8.81 Å². The average molecular weight is 234 g/mol. The fourth-order valence-corrected chi connectivity index (χ4v) is 1.59. The fourth-order valence-electron chi connectivity index (χ4n) is 1.59. The molecule has 1 heterocycles. The van der Waals surface area contributed by atoms with Crippen LogP contribution in [-0.4, -0.2) is 6.54 Å². The maximum Gasteiger partial charge on any atom is 0.148 e. The Kier molecular flexibility index (Phi) is 3.32. The predicted molar refractivity (Wildman–Crippen MR) is 66.5 cm³/mol. The Balaban J connectivity index is 1.87. The zero-order valence-corrected chi connectivity index (χ0v) is 9.66. The second-order valence-corrected chi connectivity index (χ2v) is 3.93. The summed E-state index contributed by atoms with van der Waals surface area (Å²) in [6, 6.07) is 8.57. The van der Waals surface area contributed by atoms with Crippen LogP contribution in [0.2, 0.25) is 0 Å². The summed E-state index contributed by atoms with van der Waals surface area (Å²) in [6.07, 6.45) is 0.764. The van der Waals surface area contributed by atoms with Gasteiger partial charge in [0.15, 0.2) is 0 Å². The zero-order chi connectivity index (χ0) is 12.3. The summed E-state index contributed by atoms with van der Waals surface area (Å²) in [5, 5.41) is 3.11. The number of rotatable bonds is 4. The summed E-state index contributed by atoms with van der Waals surface area (Å²) < 4.78 is 18.6. The van der Waals surface area contributed by atoms with Crippen molar-refractivity contribution in [1.29, 1.82) is 0 Å². The van der Waals surface area contributed by atoms with Crippen molar-refractivity contribution in [1.82, 2.24) is 0 Å². The number of aryl methyl sites for hydroxylation is 1. The molecule has 0 aliphatic rings. The van der Waals surface area contributed by atoms with Crippen LogP contribution >= 0.6 is 0 Å². The van der Waals surface area contributed by atoms with Gasteiger partial charge in [0.2, 0.25) is 0 Å². The summed E-state index contributed by atoms with van der Waals surface area (Å²) in [5.74, 6) is 1.42. The number of nitrogens with two attached hydrogens (primary N) is 1. The molecule has 0 aliphatic carbocycles. The second-order valence-electron chi connectivity index (χ2n) is 3.93. The quantitative estimate of drug-likeness (QED) is 0.800. The largest absolute Gasteiger partial charge is 0.466 e. The number of hydrogen-bond donors (Lipinski definition) is 2. The average Bonchev–Trinajstić information content (AvgIpc) is 2.70. The van der Waals surface area contributed by atoms with Gasteiger partial charge < -0.3 is 15.5 Å². The topological polar surface area (TPSA) is 51.2 Å². The van der Waals surface area contributed by atoms with Gasteiger partial charge >= 0.3 is 0 Å². The highest BCUT2D eigenvalue weighted by molar-refractivity contribution is 5.52. The van der Waals surface area contributed by atoms with Gasteiger partial charge in [0, 0.05) is 18.7 Å². The standard InChI is InChI=1S/C13H15FN2O/c1-9-2-4-11(17-9)6-7-16-10-3-5-13(15)12(14)8-10/h2-5,8,16H,6-7,15H2,1H3. The predicted octanol–water partition coefficient (Wildman–Crippen LogP) is 2.96. The van der Waals surface area contributed by atoms with Gasteiger partial charge in [0.1, 0.15) is 17.3 Å². The van der Waals surface area contributed by atoms with Gasteiger partial charge in [0.05, 0.1) is 5.69 Å². The third-order valence-electron chi connectivity index (χ3n) is 2.50. The number of halogens is 1. The molecule has 0 unspecified atom stereocenters. The van der Waals surface area contributed by atoms with Gasteiger partial charge in [-0.1, -0.05) is 0 Å². The number of furan rings is 1. The monoisotopic (exact) mass is 234 g/mol. The molecule has 17 heavy (non-hydrogen) atoms. The molecular formula is C13H15FN2O. The Morgan fingerprint density at radius 1 is 1.29 bits per heavy atom. The Morgan fingerprint density at radius 2 is 2.12 bits per heavy atom. The van der Waals surface area contributed by atoms with Crippen molar-refractivity contribution in [3.63, 3.8) is 0 Å². The summed E-state index contributed by atoms with van der Waals surface area (Å²) in [4.78, 5) is 0. The van der Waals surface area contributed by atoms with E-state index in [1.54, 1.807) is 12.1 Å². The number of hydrogen-bond acceptors (Lipinski definition) is 3. The molecule has 3 N–H and O–H groups in total. The van der Waals surface area contributed by atoms with Gasteiger partial charge in [0.25, 0.3) is 0 Å². The third-order valence-corrected chi connectivity index (χ3v) is 2.50. The molecule has 4 heteroatoms. The minimum absolute atomic E-state index is 0.164. The van der Waals surface area contributed by atoms with Gasteiger partial charge in [-0.3, -0.25) is 0 Å². The van der Waals surface area contributed by atoms with E-state index in [1.807, 2.05) is 19.1 Å². The smallest absolute Gasteiger partial charge is 0.148 e. The van der Waals surface area contributed by atoms with E-state index in [4.69, 9.17) is 10.2 Å². The first-order valence-corrected chi connectivity index (χ1v) is 5.49. The SMILES string of the molecule is Cc1ccc(CCNc2ccc(N)c(F)c2)o1. The van der Waals surface area contributed by atoms with E-state index in [1.165, 1.54) is 6.07 Å². The second kappa shape index (κ2) is 4.91. The van der Waals surface area contributed by atoms with E-state index in [0.717, 1.165) is 23.6 Å². The molecule has 0 aliphatic heterocycles. The highest BCUT2D eigenvalue weighted by Gasteiger charge is 2.01. The molecule has 2 aromatic rings. The lowest BCUT2D eigenvalue weighted by atomic mass is 10.2. The van der Waals surface area contributed by atoms with Crippen molar-refractivity contribution >= 4 is 11.4 Å². The Hall–Kier alpha value is -1.97. The first-order chi connectivity index (χ1) is 8.15. The van der Waals surface area contributed by atoms with Crippen molar-refractivity contribution in [3.05, 3.63) is 47.7 Å². The highest BCUT2D eigenvalue weighted by Crippen LogP contribution is 2.16. The third kappa shape index (κ3) is 3.00. The van der Waals surface area contributed by atoms with E-state index in [-0.39, 0.29) is 5.69 Å². The molecule has 3 nitrogen and oxygen atoms in total. The lowest BCUT2D eigenvalue weighted by molar-refractivity contribution is 0.486. The van der Waals surface area contributed by atoms with Crippen LogP contribution < -0.4 is 11.1 Å². The molecule has 1 aromatic carbocycles. The molecule has 0 spiro atoms. The molecule has 0 radical (unpaired) electrons. The molecule has 0 fully saturated rings. The van der Waals surface area contributed by atoms with Crippen LogP contribution in [0.25, 0.3) is 0 Å². The number of benzene rings is 1. The van der Waals surface area contributed by atoms with Crippen molar-refractivity contribution in [2.75, 3.05) is 17.6 Å². The Labute approximate surface area is 99.4 Å². The summed E-state index contributed by atoms with van der Waals surface area (Å²) in [5.41, 5.74) is 6.28. The molecule has 1 aromatic heterocycles. The van der Waals surface area contributed by atoms with E-state index < -0.39 is 5.82 Å². The van der Waals surface area contributed by atoms with Crippen molar-refractivity contribution in [2.24, 2.45) is 0 Å². The molecule has 2 rings (SSSR count). The van der Waals surface area contributed by atoms with Gasteiger partial charge in [-0.25, -0.2) is 4.39 Å². The number of nitrogen functional groups attached to an aromatic ring is 1. The van der Waals surface area contributed by atoms with E-state index in [0.29, 0.717) is 6.54 Å². The lowest BCUT2D eigenvalue weighted by Gasteiger charge is -2.06. The Morgan fingerprint density at radius 3 is 2.76 bits per heavy atom. The Bertz CT molecular complexity index is 508. The van der Waals surface area contributed by atoms with Crippen LogP contribution in [0.1, 0.15) is 11.5 Å². The molecule has 0 atom stereocenters. The molecule has 0 saturated heterocycles. The van der Waals surface area contributed by atoms with E-state index in [2.05, 4.69) is 5.32 Å². The van der Waals surface area contributed by atoms with Crippen molar-refractivity contribution in [3.8, 4) is 0 Å². The minimum atomic E-state index is -0.399. The van der Waals surface area contributed by atoms with E-state index >= 15 is 0 Å². The van der Waals surface area contributed by atoms with Gasteiger partial charge in [-0.15, -0.1) is 0 Å². The van der Waals surface area contributed by atoms with Crippen LogP contribution in [-0.2, 0) is 6.42 Å². The summed E-state index contributed by atoms with van der Waals surface area (Å²) in [6.45, 7) is 2.60. The fraction of sp³-hybridized carbons (Fsp3) is 0.231. The first-order valence-electron chi connectivity index (χ1n) is 5.49. The van der Waals surface area contributed by atoms with E-state index in [9.17, 15) is 4.39 Å². The maximum absolute atomic E-state index is 13.1. The molecule has 90 valence electrons. The van der Waals surface area contributed by atoms with Crippen LogP contribution in [0.15, 0.2) is 34.7 Å². The van der Waals surface area contributed by atoms with Crippen LogP contribution in [0, 0.1) is 12.7 Å². The highest BCUT2D eigenvalue weighted by atomic mass is 19.1. The molecular weight excluding hydrogens is 219 g/mol. The van der Waals surface area contributed by atoms with Crippen LogP contribution in [0.3, 0.4) is 0 Å². The molecule has 0 amide bonds. The summed E-state index contributed by atoms with van der Waals surface area (Å²) >= 11 is 0. The maximum atomic E-state index is 13.1. The van der Waals surface area contributed by atoms with Gasteiger partial charge in [-0.2, -0.15) is 0 Å². The number of anilines is 2. The molecule has 0 bridgehead atoms. The minimum Gasteiger partial charge on any atom is -0.466 e.